The lowest BCUT2D eigenvalue weighted by molar-refractivity contribution is -0.0127. The fourth-order valence-corrected chi connectivity index (χ4v) is 1.39. The van der Waals surface area contributed by atoms with Gasteiger partial charge in [-0.1, -0.05) is 6.07 Å². The topological polar surface area (TPSA) is 29.5 Å². The first-order chi connectivity index (χ1) is 6.66. The van der Waals surface area contributed by atoms with E-state index < -0.39 is 11.6 Å². The van der Waals surface area contributed by atoms with Crippen molar-refractivity contribution in [2.75, 3.05) is 0 Å². The summed E-state index contributed by atoms with van der Waals surface area (Å²) in [6.45, 7) is 0. The predicted octanol–water partition coefficient (Wildman–Crippen LogP) is 1.87. The first-order valence-electron chi connectivity index (χ1n) is 4.45. The molecule has 1 fully saturated rings. The Morgan fingerprint density at radius 3 is 2.64 bits per heavy atom. The maximum atomic E-state index is 13.1. The van der Waals surface area contributed by atoms with Crippen LogP contribution >= 0.6 is 0 Å². The average molecular weight is 200 g/mol. The number of ether oxygens (including phenoxy) is 1. The highest BCUT2D eigenvalue weighted by molar-refractivity contribution is 5.25. The minimum atomic E-state index is -0.964. The lowest BCUT2D eigenvalue weighted by atomic mass is 9.92. The maximum absolute atomic E-state index is 13.1. The van der Waals surface area contributed by atoms with Gasteiger partial charge in [0, 0.05) is 12.8 Å². The monoisotopic (exact) mass is 200 g/mol. The number of aliphatic hydroxyl groups excluding tert-OH is 1. The Bertz CT molecular complexity index is 335. The molecule has 4 heteroatoms. The standard InChI is InChI=1S/C10H10F2O2/c11-8-2-1-3-9(10(8)12)14-7-4-6(13)5-7/h1-3,6-7,13H,4-5H2. The Morgan fingerprint density at radius 1 is 1.29 bits per heavy atom. The van der Waals surface area contributed by atoms with Gasteiger partial charge in [-0.25, -0.2) is 4.39 Å². The van der Waals surface area contributed by atoms with Crippen molar-refractivity contribution < 1.29 is 18.6 Å². The zero-order valence-electron chi connectivity index (χ0n) is 7.41. The van der Waals surface area contributed by atoms with E-state index in [1.54, 1.807) is 0 Å². The third-order valence-electron chi connectivity index (χ3n) is 2.28. The molecule has 0 atom stereocenters. The quantitative estimate of drug-likeness (QED) is 0.789. The maximum Gasteiger partial charge on any atom is 0.200 e. The van der Waals surface area contributed by atoms with Crippen molar-refractivity contribution >= 4 is 0 Å². The SMILES string of the molecule is OC1CC(Oc2cccc(F)c2F)C1. The Morgan fingerprint density at radius 2 is 2.00 bits per heavy atom. The summed E-state index contributed by atoms with van der Waals surface area (Å²) in [5.74, 6) is -1.96. The molecule has 0 bridgehead atoms. The van der Waals surface area contributed by atoms with Gasteiger partial charge in [0.15, 0.2) is 11.6 Å². The Kier molecular flexibility index (Phi) is 2.37. The largest absolute Gasteiger partial charge is 0.487 e. The Labute approximate surface area is 80.1 Å². The molecule has 0 heterocycles. The summed E-state index contributed by atoms with van der Waals surface area (Å²) in [6.07, 6.45) is 0.407. The molecule has 0 unspecified atom stereocenters. The summed E-state index contributed by atoms with van der Waals surface area (Å²) >= 11 is 0. The zero-order chi connectivity index (χ0) is 10.1. The molecule has 1 N–H and O–H groups in total. The lowest BCUT2D eigenvalue weighted by Gasteiger charge is -2.31. The van der Waals surface area contributed by atoms with Crippen molar-refractivity contribution in [1.82, 2.24) is 0 Å². The molecule has 0 saturated heterocycles. The van der Waals surface area contributed by atoms with Gasteiger partial charge in [-0.2, -0.15) is 4.39 Å². The second kappa shape index (κ2) is 3.53. The molecule has 1 saturated carbocycles. The van der Waals surface area contributed by atoms with Crippen LogP contribution in [0.15, 0.2) is 18.2 Å². The minimum absolute atomic E-state index is 0.0816. The van der Waals surface area contributed by atoms with Gasteiger partial charge < -0.3 is 9.84 Å². The number of aliphatic hydroxyl groups is 1. The van der Waals surface area contributed by atoms with E-state index in [4.69, 9.17) is 9.84 Å². The van der Waals surface area contributed by atoms with Gasteiger partial charge in [0.05, 0.1) is 6.10 Å². The highest BCUT2D eigenvalue weighted by Gasteiger charge is 2.29. The van der Waals surface area contributed by atoms with Crippen LogP contribution in [-0.2, 0) is 0 Å². The van der Waals surface area contributed by atoms with Gasteiger partial charge in [0.2, 0.25) is 5.82 Å². The molecular weight excluding hydrogens is 190 g/mol. The second-order valence-corrected chi connectivity index (χ2v) is 3.42. The van der Waals surface area contributed by atoms with E-state index in [0.717, 1.165) is 6.07 Å². The van der Waals surface area contributed by atoms with Crippen molar-refractivity contribution in [3.8, 4) is 5.75 Å². The molecule has 0 spiro atoms. The van der Waals surface area contributed by atoms with Crippen molar-refractivity contribution in [3.05, 3.63) is 29.8 Å². The molecule has 2 rings (SSSR count). The predicted molar refractivity (Wildman–Crippen MR) is 46.0 cm³/mol. The molecule has 0 radical (unpaired) electrons. The lowest BCUT2D eigenvalue weighted by Crippen LogP contribution is -2.37. The summed E-state index contributed by atoms with van der Waals surface area (Å²) in [5.41, 5.74) is 0. The van der Waals surface area contributed by atoms with Crippen molar-refractivity contribution in [2.24, 2.45) is 0 Å². The van der Waals surface area contributed by atoms with E-state index >= 15 is 0 Å². The van der Waals surface area contributed by atoms with Crippen molar-refractivity contribution in [3.63, 3.8) is 0 Å². The van der Waals surface area contributed by atoms with E-state index in [2.05, 4.69) is 0 Å². The number of rotatable bonds is 2. The molecule has 1 aliphatic rings. The summed E-state index contributed by atoms with van der Waals surface area (Å²) in [7, 11) is 0. The van der Waals surface area contributed by atoms with Gasteiger partial charge in [-0.05, 0) is 12.1 Å². The summed E-state index contributed by atoms with van der Waals surface area (Å²) in [4.78, 5) is 0. The molecule has 1 aliphatic carbocycles. The minimum Gasteiger partial charge on any atom is -0.487 e. The number of hydrogen-bond acceptors (Lipinski definition) is 2. The van der Waals surface area contributed by atoms with E-state index in [1.165, 1.54) is 12.1 Å². The molecule has 0 aromatic heterocycles. The summed E-state index contributed by atoms with van der Waals surface area (Å²) in [5, 5.41) is 8.97. The first kappa shape index (κ1) is 9.40. The normalized spacial score (nSPS) is 25.6. The fraction of sp³-hybridized carbons (Fsp3) is 0.400. The number of benzene rings is 1. The number of hydrogen-bond donors (Lipinski definition) is 1. The summed E-state index contributed by atoms with van der Waals surface area (Å²) < 4.78 is 30.9. The second-order valence-electron chi connectivity index (χ2n) is 3.42. The molecule has 76 valence electrons. The number of halogens is 2. The van der Waals surface area contributed by atoms with Crippen LogP contribution in [0.5, 0.6) is 5.75 Å². The van der Waals surface area contributed by atoms with Gasteiger partial charge >= 0.3 is 0 Å². The molecule has 1 aromatic carbocycles. The highest BCUT2D eigenvalue weighted by atomic mass is 19.2. The third kappa shape index (κ3) is 1.70. The van der Waals surface area contributed by atoms with E-state index in [9.17, 15) is 8.78 Å². The molecule has 2 nitrogen and oxygen atoms in total. The van der Waals surface area contributed by atoms with Crippen LogP contribution in [0.2, 0.25) is 0 Å². The van der Waals surface area contributed by atoms with Crippen LogP contribution in [-0.4, -0.2) is 17.3 Å². The van der Waals surface area contributed by atoms with Crippen LogP contribution in [0.3, 0.4) is 0 Å². The van der Waals surface area contributed by atoms with Crippen LogP contribution in [0, 0.1) is 11.6 Å². The molecule has 1 aromatic rings. The van der Waals surface area contributed by atoms with Crippen LogP contribution < -0.4 is 4.74 Å². The van der Waals surface area contributed by atoms with E-state index in [1.807, 2.05) is 0 Å². The van der Waals surface area contributed by atoms with Crippen LogP contribution in [0.4, 0.5) is 8.78 Å². The van der Waals surface area contributed by atoms with Crippen LogP contribution in [0.25, 0.3) is 0 Å². The van der Waals surface area contributed by atoms with E-state index in [-0.39, 0.29) is 18.0 Å². The van der Waals surface area contributed by atoms with Crippen molar-refractivity contribution in [1.29, 1.82) is 0 Å². The summed E-state index contributed by atoms with van der Waals surface area (Å²) in [6, 6.07) is 3.81. The Balaban J connectivity index is 2.06. The molecule has 0 amide bonds. The fourth-order valence-electron chi connectivity index (χ4n) is 1.39. The average Bonchev–Trinajstić information content (AvgIpc) is 2.10. The Hall–Kier alpha value is -1.16. The first-order valence-corrected chi connectivity index (χ1v) is 4.45. The van der Waals surface area contributed by atoms with Gasteiger partial charge in [-0.3, -0.25) is 0 Å². The molecular formula is C10H10F2O2. The molecule has 0 aliphatic heterocycles. The molecule has 14 heavy (non-hydrogen) atoms. The highest BCUT2D eigenvalue weighted by Crippen LogP contribution is 2.28. The van der Waals surface area contributed by atoms with Crippen molar-refractivity contribution in [2.45, 2.75) is 25.0 Å². The van der Waals surface area contributed by atoms with Gasteiger partial charge in [-0.15, -0.1) is 0 Å². The van der Waals surface area contributed by atoms with Crippen LogP contribution in [0.1, 0.15) is 12.8 Å². The smallest absolute Gasteiger partial charge is 0.200 e. The van der Waals surface area contributed by atoms with E-state index in [0.29, 0.717) is 12.8 Å². The zero-order valence-corrected chi connectivity index (χ0v) is 7.41. The third-order valence-corrected chi connectivity index (χ3v) is 2.28. The van der Waals surface area contributed by atoms with Gasteiger partial charge in [0.25, 0.3) is 0 Å². The van der Waals surface area contributed by atoms with Gasteiger partial charge in [0.1, 0.15) is 6.10 Å².